The van der Waals surface area contributed by atoms with Crippen molar-refractivity contribution >= 4 is 0 Å². The number of hydrogen-bond acceptors (Lipinski definition) is 2. The van der Waals surface area contributed by atoms with Crippen molar-refractivity contribution in [2.45, 2.75) is 18.9 Å². The summed E-state index contributed by atoms with van der Waals surface area (Å²) in [6.45, 7) is 2.88. The van der Waals surface area contributed by atoms with Gasteiger partial charge < -0.3 is 10.6 Å². The number of hydrogen-bond donors (Lipinski definition) is 2. The summed E-state index contributed by atoms with van der Waals surface area (Å²) in [7, 11) is 0. The summed E-state index contributed by atoms with van der Waals surface area (Å²) in [6, 6.07) is 0.661. The molecule has 1 saturated heterocycles. The zero-order valence-corrected chi connectivity index (χ0v) is 6.19. The van der Waals surface area contributed by atoms with Crippen LogP contribution in [0.15, 0.2) is 0 Å². The minimum absolute atomic E-state index is 0.661. The van der Waals surface area contributed by atoms with Crippen molar-refractivity contribution < 1.29 is 0 Å². The lowest BCUT2D eigenvalue weighted by atomic mass is 10.2. The Bertz CT molecular complexity index is 120. The third kappa shape index (κ3) is 2.38. The van der Waals surface area contributed by atoms with Crippen LogP contribution in [0.2, 0.25) is 0 Å². The van der Waals surface area contributed by atoms with Crippen LogP contribution in [0.1, 0.15) is 12.8 Å². The molecular formula is C8H14N2. The molecule has 0 aromatic rings. The minimum Gasteiger partial charge on any atom is -0.313 e. The van der Waals surface area contributed by atoms with E-state index in [-0.39, 0.29) is 0 Å². The highest BCUT2D eigenvalue weighted by molar-refractivity contribution is 4.87. The van der Waals surface area contributed by atoms with Crippen LogP contribution in [0.3, 0.4) is 0 Å². The average Bonchev–Trinajstić information content (AvgIpc) is 2.41. The van der Waals surface area contributed by atoms with Gasteiger partial charge in [-0.2, -0.15) is 0 Å². The van der Waals surface area contributed by atoms with Crippen molar-refractivity contribution in [3.63, 3.8) is 0 Å². The van der Waals surface area contributed by atoms with Gasteiger partial charge in [-0.3, -0.25) is 0 Å². The molecule has 1 atom stereocenters. The van der Waals surface area contributed by atoms with E-state index in [0.717, 1.165) is 6.54 Å². The Balaban J connectivity index is 1.97. The Kier molecular flexibility index (Phi) is 3.28. The molecule has 0 amide bonds. The van der Waals surface area contributed by atoms with E-state index in [1.165, 1.54) is 19.4 Å². The van der Waals surface area contributed by atoms with Crippen molar-refractivity contribution in [2.24, 2.45) is 0 Å². The fourth-order valence-electron chi connectivity index (χ4n) is 1.25. The van der Waals surface area contributed by atoms with Crippen LogP contribution >= 0.6 is 0 Å². The highest BCUT2D eigenvalue weighted by Crippen LogP contribution is 2.02. The van der Waals surface area contributed by atoms with Crippen molar-refractivity contribution in [1.82, 2.24) is 10.6 Å². The van der Waals surface area contributed by atoms with Gasteiger partial charge in [-0.25, -0.2) is 0 Å². The SMILES string of the molecule is C#CCNCC1CCCN1. The van der Waals surface area contributed by atoms with E-state index in [1.54, 1.807) is 0 Å². The van der Waals surface area contributed by atoms with E-state index < -0.39 is 0 Å². The molecule has 2 heteroatoms. The van der Waals surface area contributed by atoms with Gasteiger partial charge in [-0.1, -0.05) is 5.92 Å². The third-order valence-electron chi connectivity index (χ3n) is 1.78. The molecule has 1 aliphatic rings. The smallest absolute Gasteiger partial charge is 0.0574 e. The fraction of sp³-hybridized carbons (Fsp3) is 0.750. The van der Waals surface area contributed by atoms with Gasteiger partial charge in [-0.15, -0.1) is 6.42 Å². The zero-order valence-electron chi connectivity index (χ0n) is 6.19. The first kappa shape index (κ1) is 7.59. The lowest BCUT2D eigenvalue weighted by Crippen LogP contribution is -2.33. The monoisotopic (exact) mass is 138 g/mol. The lowest BCUT2D eigenvalue weighted by Gasteiger charge is -2.08. The van der Waals surface area contributed by atoms with Crippen LogP contribution in [0.5, 0.6) is 0 Å². The highest BCUT2D eigenvalue weighted by atomic mass is 15.0. The van der Waals surface area contributed by atoms with Crippen LogP contribution < -0.4 is 10.6 Å². The molecule has 1 aliphatic heterocycles. The molecular weight excluding hydrogens is 124 g/mol. The molecule has 10 heavy (non-hydrogen) atoms. The predicted octanol–water partition coefficient (Wildman–Crippen LogP) is -0.0388. The number of rotatable bonds is 3. The van der Waals surface area contributed by atoms with Gasteiger partial charge in [0.1, 0.15) is 0 Å². The number of terminal acetylenes is 1. The first-order valence-corrected chi connectivity index (χ1v) is 3.81. The molecule has 0 aliphatic carbocycles. The van der Waals surface area contributed by atoms with E-state index in [0.29, 0.717) is 12.6 Å². The second-order valence-corrected chi connectivity index (χ2v) is 2.63. The van der Waals surface area contributed by atoms with Gasteiger partial charge in [0, 0.05) is 12.6 Å². The maximum atomic E-state index is 5.08. The van der Waals surface area contributed by atoms with Crippen molar-refractivity contribution in [1.29, 1.82) is 0 Å². The maximum absolute atomic E-state index is 5.08. The third-order valence-corrected chi connectivity index (χ3v) is 1.78. The molecule has 0 aromatic heterocycles. The topological polar surface area (TPSA) is 24.1 Å². The molecule has 2 nitrogen and oxygen atoms in total. The summed E-state index contributed by atoms with van der Waals surface area (Å²) in [5, 5.41) is 6.56. The Morgan fingerprint density at radius 2 is 2.60 bits per heavy atom. The molecule has 1 unspecified atom stereocenters. The summed E-state index contributed by atoms with van der Waals surface area (Å²) in [5.74, 6) is 2.55. The van der Waals surface area contributed by atoms with Crippen molar-refractivity contribution in [2.75, 3.05) is 19.6 Å². The summed E-state index contributed by atoms with van der Waals surface area (Å²) in [4.78, 5) is 0. The fourth-order valence-corrected chi connectivity index (χ4v) is 1.25. The molecule has 0 radical (unpaired) electrons. The van der Waals surface area contributed by atoms with Gasteiger partial charge in [0.2, 0.25) is 0 Å². The van der Waals surface area contributed by atoms with Gasteiger partial charge in [-0.05, 0) is 19.4 Å². The standard InChI is InChI=1S/C8H14N2/c1-2-5-9-7-8-4-3-6-10-8/h1,8-10H,3-7H2. The summed E-state index contributed by atoms with van der Waals surface area (Å²) in [5.41, 5.74) is 0. The van der Waals surface area contributed by atoms with E-state index in [9.17, 15) is 0 Å². The van der Waals surface area contributed by atoms with E-state index in [4.69, 9.17) is 6.42 Å². The van der Waals surface area contributed by atoms with Crippen molar-refractivity contribution in [3.8, 4) is 12.3 Å². The maximum Gasteiger partial charge on any atom is 0.0574 e. The molecule has 1 rings (SSSR count). The van der Waals surface area contributed by atoms with Gasteiger partial charge in [0.25, 0.3) is 0 Å². The molecule has 2 N–H and O–H groups in total. The molecule has 0 saturated carbocycles. The molecule has 0 spiro atoms. The van der Waals surface area contributed by atoms with Crippen LogP contribution in [0.4, 0.5) is 0 Å². The second kappa shape index (κ2) is 4.32. The summed E-state index contributed by atoms with van der Waals surface area (Å²) >= 11 is 0. The normalized spacial score (nSPS) is 24.5. The Morgan fingerprint density at radius 3 is 3.20 bits per heavy atom. The first-order chi connectivity index (χ1) is 4.93. The predicted molar refractivity (Wildman–Crippen MR) is 42.7 cm³/mol. The quantitative estimate of drug-likeness (QED) is 0.422. The van der Waals surface area contributed by atoms with E-state index in [1.807, 2.05) is 0 Å². The Labute approximate surface area is 62.4 Å². The van der Waals surface area contributed by atoms with Crippen LogP contribution in [-0.4, -0.2) is 25.7 Å². The van der Waals surface area contributed by atoms with Crippen LogP contribution in [0, 0.1) is 12.3 Å². The van der Waals surface area contributed by atoms with Gasteiger partial charge in [0.05, 0.1) is 6.54 Å². The zero-order chi connectivity index (χ0) is 7.23. The van der Waals surface area contributed by atoms with Crippen LogP contribution in [0.25, 0.3) is 0 Å². The Hall–Kier alpha value is -0.520. The number of nitrogens with one attached hydrogen (secondary N) is 2. The first-order valence-electron chi connectivity index (χ1n) is 3.81. The Morgan fingerprint density at radius 1 is 1.70 bits per heavy atom. The van der Waals surface area contributed by atoms with Crippen LogP contribution in [-0.2, 0) is 0 Å². The largest absolute Gasteiger partial charge is 0.313 e. The van der Waals surface area contributed by atoms with E-state index in [2.05, 4.69) is 16.6 Å². The second-order valence-electron chi connectivity index (χ2n) is 2.63. The summed E-state index contributed by atoms with van der Waals surface area (Å²) < 4.78 is 0. The molecule has 56 valence electrons. The summed E-state index contributed by atoms with van der Waals surface area (Å²) in [6.07, 6.45) is 7.68. The molecule has 0 bridgehead atoms. The van der Waals surface area contributed by atoms with Gasteiger partial charge in [0.15, 0.2) is 0 Å². The minimum atomic E-state index is 0.661. The molecule has 1 heterocycles. The van der Waals surface area contributed by atoms with Crippen molar-refractivity contribution in [3.05, 3.63) is 0 Å². The van der Waals surface area contributed by atoms with Gasteiger partial charge >= 0.3 is 0 Å². The van der Waals surface area contributed by atoms with E-state index >= 15 is 0 Å². The molecule has 0 aromatic carbocycles. The lowest BCUT2D eigenvalue weighted by molar-refractivity contribution is 0.557. The molecule has 1 fully saturated rings. The average molecular weight is 138 g/mol. The highest BCUT2D eigenvalue weighted by Gasteiger charge is 2.11.